The van der Waals surface area contributed by atoms with Gasteiger partial charge in [-0.15, -0.1) is 11.3 Å². The molecule has 1 amide bonds. The van der Waals surface area contributed by atoms with E-state index in [2.05, 4.69) is 37.8 Å². The number of hydrogen-bond donors (Lipinski definition) is 1. The van der Waals surface area contributed by atoms with Crippen LogP contribution in [-0.4, -0.2) is 53.6 Å². The molecule has 1 aliphatic heterocycles. The Hall–Kier alpha value is -1.70. The number of rotatable bonds is 6. The van der Waals surface area contributed by atoms with Crippen LogP contribution in [0.3, 0.4) is 0 Å². The molecule has 24 heavy (non-hydrogen) atoms. The summed E-state index contributed by atoms with van der Waals surface area (Å²) in [4.78, 5) is 18.2. The number of piperazine rings is 1. The van der Waals surface area contributed by atoms with Gasteiger partial charge in [0.2, 0.25) is 11.8 Å². The van der Waals surface area contributed by atoms with Crippen molar-refractivity contribution < 1.29 is 9.32 Å². The molecule has 0 saturated carbocycles. The molecule has 1 aliphatic rings. The van der Waals surface area contributed by atoms with E-state index in [9.17, 15) is 4.79 Å². The first kappa shape index (κ1) is 17.1. The molecule has 1 N–H and O–H groups in total. The van der Waals surface area contributed by atoms with Gasteiger partial charge in [0.15, 0.2) is 0 Å². The van der Waals surface area contributed by atoms with Crippen molar-refractivity contribution in [1.82, 2.24) is 15.0 Å². The normalized spacial score (nSPS) is 16.6. The lowest BCUT2D eigenvalue weighted by Gasteiger charge is -2.33. The van der Waals surface area contributed by atoms with Gasteiger partial charge in [-0.25, -0.2) is 0 Å². The predicted octanol–water partition coefficient (Wildman–Crippen LogP) is 2.62. The monoisotopic (exact) mass is 348 g/mol. The predicted molar refractivity (Wildman–Crippen MR) is 95.3 cm³/mol. The van der Waals surface area contributed by atoms with Crippen molar-refractivity contribution in [2.24, 2.45) is 0 Å². The highest BCUT2D eigenvalue weighted by molar-refractivity contribution is 7.09. The molecule has 1 fully saturated rings. The maximum atomic E-state index is 12.1. The molecule has 0 radical (unpaired) electrons. The molecular formula is C17H24N4O2S. The molecule has 3 rings (SSSR count). The minimum absolute atomic E-state index is 0.0480. The molecule has 0 bridgehead atoms. The summed E-state index contributed by atoms with van der Waals surface area (Å²) in [6, 6.07) is 6.06. The molecule has 2 aromatic rings. The van der Waals surface area contributed by atoms with Gasteiger partial charge in [0.1, 0.15) is 0 Å². The van der Waals surface area contributed by atoms with Gasteiger partial charge >= 0.3 is 0 Å². The minimum atomic E-state index is -0.0480. The maximum Gasteiger partial charge on any atom is 0.240 e. The van der Waals surface area contributed by atoms with Crippen LogP contribution < -0.4 is 5.32 Å². The van der Waals surface area contributed by atoms with E-state index in [4.69, 9.17) is 4.52 Å². The van der Waals surface area contributed by atoms with Crippen LogP contribution in [0, 0.1) is 0 Å². The van der Waals surface area contributed by atoms with Gasteiger partial charge in [0, 0.05) is 43.7 Å². The molecule has 3 heterocycles. The third-order valence-corrected chi connectivity index (χ3v) is 5.04. The fourth-order valence-corrected chi connectivity index (χ4v) is 3.47. The first-order valence-electron chi connectivity index (χ1n) is 8.33. The van der Waals surface area contributed by atoms with Crippen molar-refractivity contribution in [2.45, 2.75) is 26.3 Å². The Kier molecular flexibility index (Phi) is 5.65. The molecular weight excluding hydrogens is 324 g/mol. The summed E-state index contributed by atoms with van der Waals surface area (Å²) in [6.07, 6.45) is 0. The van der Waals surface area contributed by atoms with Crippen LogP contribution >= 0.6 is 11.3 Å². The Morgan fingerprint density at radius 1 is 1.33 bits per heavy atom. The summed E-state index contributed by atoms with van der Waals surface area (Å²) in [5.41, 5.74) is 0.854. The number of amides is 1. The SMILES string of the molecule is CC(C)c1cc(NC(=O)CN2CCN(Cc3cccs3)CC2)on1. The third-order valence-electron chi connectivity index (χ3n) is 4.17. The summed E-state index contributed by atoms with van der Waals surface area (Å²) in [5.74, 6) is 0.670. The number of carbonyl (C=O) groups excluding carboxylic acids is 1. The van der Waals surface area contributed by atoms with Crippen LogP contribution in [0.1, 0.15) is 30.3 Å². The molecule has 0 unspecified atom stereocenters. The quantitative estimate of drug-likeness (QED) is 0.869. The average molecular weight is 348 g/mol. The molecule has 7 heteroatoms. The fraction of sp³-hybridized carbons (Fsp3) is 0.529. The van der Waals surface area contributed by atoms with Crippen molar-refractivity contribution in [3.05, 3.63) is 34.2 Å². The van der Waals surface area contributed by atoms with Crippen molar-refractivity contribution in [2.75, 3.05) is 38.0 Å². The lowest BCUT2D eigenvalue weighted by atomic mass is 10.1. The zero-order valence-electron chi connectivity index (χ0n) is 14.2. The van der Waals surface area contributed by atoms with E-state index < -0.39 is 0 Å². The lowest BCUT2D eigenvalue weighted by Crippen LogP contribution is -2.48. The number of hydrogen-bond acceptors (Lipinski definition) is 6. The van der Waals surface area contributed by atoms with Crippen LogP contribution in [0.2, 0.25) is 0 Å². The molecule has 0 spiro atoms. The van der Waals surface area contributed by atoms with Gasteiger partial charge in [-0.05, 0) is 17.4 Å². The van der Waals surface area contributed by atoms with Crippen LogP contribution in [0.25, 0.3) is 0 Å². The summed E-state index contributed by atoms with van der Waals surface area (Å²) < 4.78 is 5.15. The molecule has 0 aliphatic carbocycles. The van der Waals surface area contributed by atoms with E-state index >= 15 is 0 Å². The molecule has 130 valence electrons. The second kappa shape index (κ2) is 7.92. The van der Waals surface area contributed by atoms with Crippen LogP contribution in [0.5, 0.6) is 0 Å². The molecule has 1 saturated heterocycles. The van der Waals surface area contributed by atoms with Gasteiger partial charge in [0.25, 0.3) is 0 Å². The summed E-state index contributed by atoms with van der Waals surface area (Å²) >= 11 is 1.80. The number of nitrogens with one attached hydrogen (secondary N) is 1. The molecule has 0 atom stereocenters. The van der Waals surface area contributed by atoms with Gasteiger partial charge < -0.3 is 4.52 Å². The lowest BCUT2D eigenvalue weighted by molar-refractivity contribution is -0.117. The largest absolute Gasteiger partial charge is 0.338 e. The minimum Gasteiger partial charge on any atom is -0.338 e. The van der Waals surface area contributed by atoms with Crippen LogP contribution in [0.15, 0.2) is 28.1 Å². The van der Waals surface area contributed by atoms with E-state index in [1.807, 2.05) is 13.8 Å². The molecule has 6 nitrogen and oxygen atoms in total. The van der Waals surface area contributed by atoms with Crippen LogP contribution in [-0.2, 0) is 11.3 Å². The molecule has 0 aromatic carbocycles. The highest BCUT2D eigenvalue weighted by Crippen LogP contribution is 2.17. The number of thiophene rings is 1. The maximum absolute atomic E-state index is 12.1. The fourth-order valence-electron chi connectivity index (χ4n) is 2.73. The highest BCUT2D eigenvalue weighted by atomic mass is 32.1. The topological polar surface area (TPSA) is 61.6 Å². The van der Waals surface area contributed by atoms with Crippen molar-refractivity contribution in [3.63, 3.8) is 0 Å². The Bertz CT molecular complexity index is 645. The van der Waals surface area contributed by atoms with Crippen LogP contribution in [0.4, 0.5) is 5.88 Å². The zero-order chi connectivity index (χ0) is 16.9. The Morgan fingerprint density at radius 3 is 2.71 bits per heavy atom. The summed E-state index contributed by atoms with van der Waals surface area (Å²) in [5, 5.41) is 8.86. The second-order valence-electron chi connectivity index (χ2n) is 6.45. The van der Waals surface area contributed by atoms with E-state index in [1.54, 1.807) is 17.4 Å². The van der Waals surface area contributed by atoms with Gasteiger partial charge in [0.05, 0.1) is 12.2 Å². The summed E-state index contributed by atoms with van der Waals surface area (Å²) in [6.45, 7) is 9.28. The number of nitrogens with zero attached hydrogens (tertiary/aromatic N) is 3. The smallest absolute Gasteiger partial charge is 0.240 e. The zero-order valence-corrected chi connectivity index (χ0v) is 15.0. The third kappa shape index (κ3) is 4.66. The van der Waals surface area contributed by atoms with Gasteiger partial charge in [-0.2, -0.15) is 0 Å². The Labute approximate surface area is 146 Å². The number of carbonyl (C=O) groups is 1. The Morgan fingerprint density at radius 2 is 2.08 bits per heavy atom. The average Bonchev–Trinajstić information content (AvgIpc) is 3.21. The Balaban J connectivity index is 1.41. The van der Waals surface area contributed by atoms with Crippen molar-refractivity contribution in [3.8, 4) is 0 Å². The molecule has 2 aromatic heterocycles. The van der Waals surface area contributed by atoms with Crippen molar-refractivity contribution in [1.29, 1.82) is 0 Å². The van der Waals surface area contributed by atoms with E-state index in [0.29, 0.717) is 12.4 Å². The van der Waals surface area contributed by atoms with E-state index in [1.165, 1.54) is 4.88 Å². The first-order valence-corrected chi connectivity index (χ1v) is 9.21. The number of anilines is 1. The van der Waals surface area contributed by atoms with Gasteiger partial charge in [-0.3, -0.25) is 19.9 Å². The highest BCUT2D eigenvalue weighted by Gasteiger charge is 2.20. The standard InChI is InChI=1S/C17H24N4O2S/c1-13(2)15-10-17(23-19-15)18-16(22)12-21-7-5-20(6-8-21)11-14-4-3-9-24-14/h3-4,9-10,13H,5-8,11-12H2,1-2H3,(H,18,22). The van der Waals surface area contributed by atoms with E-state index in [0.717, 1.165) is 38.4 Å². The van der Waals surface area contributed by atoms with Gasteiger partial charge in [-0.1, -0.05) is 25.1 Å². The second-order valence-corrected chi connectivity index (χ2v) is 7.48. The van der Waals surface area contributed by atoms with E-state index in [-0.39, 0.29) is 11.8 Å². The number of aromatic nitrogens is 1. The van der Waals surface area contributed by atoms with Crippen molar-refractivity contribution >= 4 is 23.1 Å². The first-order chi connectivity index (χ1) is 11.6. The summed E-state index contributed by atoms with van der Waals surface area (Å²) in [7, 11) is 0.